The zero-order valence-corrected chi connectivity index (χ0v) is 17.3. The summed E-state index contributed by atoms with van der Waals surface area (Å²) in [7, 11) is 0.358. The van der Waals surface area contributed by atoms with Gasteiger partial charge in [0.25, 0.3) is 0 Å². The molecule has 0 aliphatic heterocycles. The van der Waals surface area contributed by atoms with Crippen molar-refractivity contribution in [2.75, 3.05) is 26.6 Å². The van der Waals surface area contributed by atoms with Crippen LogP contribution in [0, 0.1) is 0 Å². The molecule has 0 aromatic heterocycles. The molecule has 1 atom stereocenters. The minimum absolute atomic E-state index is 0.0581. The summed E-state index contributed by atoms with van der Waals surface area (Å²) in [6.07, 6.45) is 0. The van der Waals surface area contributed by atoms with Gasteiger partial charge in [0.15, 0.2) is 11.5 Å². The number of hydrogen-bond donors (Lipinski definition) is 2. The number of sulfonamides is 1. The summed E-state index contributed by atoms with van der Waals surface area (Å²) in [5.41, 5.74) is 0.410. The number of rotatable bonds is 8. The Morgan fingerprint density at radius 1 is 0.964 bits per heavy atom. The van der Waals surface area contributed by atoms with Gasteiger partial charge in [-0.15, -0.1) is 0 Å². The lowest BCUT2D eigenvalue weighted by Crippen LogP contribution is -2.41. The molecular weight excluding hydrogens is 408 g/mol. The van der Waals surface area contributed by atoms with E-state index >= 15 is 0 Å². The minimum atomic E-state index is -3.97. The van der Waals surface area contributed by atoms with E-state index < -0.39 is 22.0 Å². The summed E-state index contributed by atoms with van der Waals surface area (Å²) in [5, 5.41) is 2.92. The van der Waals surface area contributed by atoms with Crippen molar-refractivity contribution in [2.45, 2.75) is 17.9 Å². The molecule has 10 heteroatoms. The van der Waals surface area contributed by atoms with Gasteiger partial charge >= 0.3 is 0 Å². The van der Waals surface area contributed by atoms with Gasteiger partial charge in [0.05, 0.1) is 37.3 Å². The average Bonchev–Trinajstić information content (AvgIpc) is 2.67. The maximum Gasteiger partial charge on any atom is 0.242 e. The predicted octanol–water partition coefficient (Wildman–Crippen LogP) is 2.67. The Morgan fingerprint density at radius 2 is 1.57 bits per heavy atom. The Bertz CT molecular complexity index is 965. The van der Waals surface area contributed by atoms with Crippen molar-refractivity contribution in [3.05, 3.63) is 41.4 Å². The second-order valence-electron chi connectivity index (χ2n) is 5.70. The fraction of sp³-hybridized carbons (Fsp3) is 0.278. The van der Waals surface area contributed by atoms with Crippen LogP contribution in [0.2, 0.25) is 5.02 Å². The van der Waals surface area contributed by atoms with Crippen molar-refractivity contribution in [1.29, 1.82) is 0 Å². The molecule has 28 heavy (non-hydrogen) atoms. The highest BCUT2D eigenvalue weighted by Gasteiger charge is 2.23. The summed E-state index contributed by atoms with van der Waals surface area (Å²) < 4.78 is 42.7. The zero-order chi connectivity index (χ0) is 20.9. The van der Waals surface area contributed by atoms with E-state index in [0.29, 0.717) is 22.2 Å². The highest BCUT2D eigenvalue weighted by Crippen LogP contribution is 2.29. The van der Waals surface area contributed by atoms with E-state index in [4.69, 9.17) is 25.8 Å². The van der Waals surface area contributed by atoms with Crippen LogP contribution >= 0.6 is 11.6 Å². The summed E-state index contributed by atoms with van der Waals surface area (Å²) in [5.74, 6) is 0.561. The fourth-order valence-corrected chi connectivity index (χ4v) is 3.81. The smallest absolute Gasteiger partial charge is 0.242 e. The number of carbonyl (C=O) groups excluding carboxylic acids is 1. The molecule has 8 nitrogen and oxygen atoms in total. The van der Waals surface area contributed by atoms with Crippen molar-refractivity contribution in [2.24, 2.45) is 0 Å². The second-order valence-corrected chi connectivity index (χ2v) is 7.82. The number of anilines is 1. The first-order valence-corrected chi connectivity index (χ1v) is 9.96. The van der Waals surface area contributed by atoms with Crippen LogP contribution in [-0.2, 0) is 14.8 Å². The molecule has 0 unspecified atom stereocenters. The van der Waals surface area contributed by atoms with Crippen molar-refractivity contribution in [3.8, 4) is 17.2 Å². The van der Waals surface area contributed by atoms with E-state index in [9.17, 15) is 13.2 Å². The van der Waals surface area contributed by atoms with Crippen LogP contribution in [0.1, 0.15) is 6.92 Å². The van der Waals surface area contributed by atoms with Gasteiger partial charge in [-0.3, -0.25) is 4.79 Å². The molecule has 0 radical (unpaired) electrons. The Hall–Kier alpha value is -2.49. The van der Waals surface area contributed by atoms with E-state index in [1.807, 2.05) is 0 Å². The lowest BCUT2D eigenvalue weighted by Gasteiger charge is -2.16. The predicted molar refractivity (Wildman–Crippen MR) is 106 cm³/mol. The molecular formula is C18H21ClN2O6S. The Labute approximate surface area is 168 Å². The van der Waals surface area contributed by atoms with Crippen LogP contribution in [0.25, 0.3) is 0 Å². The molecule has 2 aromatic carbocycles. The SMILES string of the molecule is COc1ccc(NC(=O)[C@@H](C)NS(=O)(=O)c2ccc(OC)c(OC)c2)cc1Cl. The fourth-order valence-electron chi connectivity index (χ4n) is 2.33. The Balaban J connectivity index is 2.13. The van der Waals surface area contributed by atoms with Gasteiger partial charge in [-0.05, 0) is 37.3 Å². The van der Waals surface area contributed by atoms with Gasteiger partial charge in [0.1, 0.15) is 5.75 Å². The molecule has 0 saturated heterocycles. The molecule has 2 N–H and O–H groups in total. The van der Waals surface area contributed by atoms with Gasteiger partial charge in [-0.1, -0.05) is 11.6 Å². The van der Waals surface area contributed by atoms with E-state index in [1.54, 1.807) is 12.1 Å². The molecule has 0 bridgehead atoms. The van der Waals surface area contributed by atoms with E-state index in [2.05, 4.69) is 10.0 Å². The molecule has 152 valence electrons. The number of hydrogen-bond acceptors (Lipinski definition) is 6. The standard InChI is InChI=1S/C18H21ClN2O6S/c1-11(18(22)20-12-5-7-15(25-2)14(19)9-12)21-28(23,24)13-6-8-16(26-3)17(10-13)27-4/h5-11,21H,1-4H3,(H,20,22)/t11-/m1/s1. The molecule has 0 aliphatic rings. The molecule has 2 aromatic rings. The third-order valence-corrected chi connectivity index (χ3v) is 5.64. The lowest BCUT2D eigenvalue weighted by molar-refractivity contribution is -0.117. The monoisotopic (exact) mass is 428 g/mol. The molecule has 0 saturated carbocycles. The summed E-state index contributed by atoms with van der Waals surface area (Å²) in [4.78, 5) is 12.3. The topological polar surface area (TPSA) is 103 Å². The largest absolute Gasteiger partial charge is 0.495 e. The van der Waals surface area contributed by atoms with Crippen LogP contribution in [0.5, 0.6) is 17.2 Å². The van der Waals surface area contributed by atoms with Crippen molar-refractivity contribution >= 4 is 33.2 Å². The van der Waals surface area contributed by atoms with E-state index in [0.717, 1.165) is 0 Å². The first-order chi connectivity index (χ1) is 13.2. The van der Waals surface area contributed by atoms with Crippen LogP contribution in [0.4, 0.5) is 5.69 Å². The van der Waals surface area contributed by atoms with E-state index in [1.165, 1.54) is 52.5 Å². The number of nitrogens with one attached hydrogen (secondary N) is 2. The maximum absolute atomic E-state index is 12.6. The first kappa shape index (κ1) is 21.8. The van der Waals surface area contributed by atoms with Gasteiger partial charge in [0, 0.05) is 11.8 Å². The molecule has 0 spiro atoms. The molecule has 0 fully saturated rings. The quantitative estimate of drug-likeness (QED) is 0.670. The number of carbonyl (C=O) groups is 1. The Kier molecular flexibility index (Phi) is 7.11. The molecule has 1 amide bonds. The number of benzene rings is 2. The van der Waals surface area contributed by atoms with E-state index in [-0.39, 0.29) is 10.6 Å². The Morgan fingerprint density at radius 3 is 2.14 bits per heavy atom. The number of amides is 1. The highest BCUT2D eigenvalue weighted by atomic mass is 35.5. The highest BCUT2D eigenvalue weighted by molar-refractivity contribution is 7.89. The summed E-state index contributed by atoms with van der Waals surface area (Å²) >= 11 is 6.02. The molecule has 2 rings (SSSR count). The maximum atomic E-state index is 12.6. The van der Waals surface area contributed by atoms with Crippen LogP contribution < -0.4 is 24.2 Å². The van der Waals surface area contributed by atoms with Crippen LogP contribution in [0.15, 0.2) is 41.3 Å². The van der Waals surface area contributed by atoms with Crippen LogP contribution in [0.3, 0.4) is 0 Å². The zero-order valence-electron chi connectivity index (χ0n) is 15.8. The second kappa shape index (κ2) is 9.13. The van der Waals surface area contributed by atoms with Gasteiger partial charge in [0.2, 0.25) is 15.9 Å². The van der Waals surface area contributed by atoms with Gasteiger partial charge in [-0.25, -0.2) is 8.42 Å². The van der Waals surface area contributed by atoms with Crippen molar-refractivity contribution < 1.29 is 27.4 Å². The van der Waals surface area contributed by atoms with Crippen LogP contribution in [-0.4, -0.2) is 41.7 Å². The molecule has 0 heterocycles. The summed E-state index contributed by atoms with van der Waals surface area (Å²) in [6, 6.07) is 7.80. The normalized spacial score (nSPS) is 12.2. The lowest BCUT2D eigenvalue weighted by atomic mass is 10.2. The third-order valence-electron chi connectivity index (χ3n) is 3.81. The first-order valence-electron chi connectivity index (χ1n) is 8.10. The average molecular weight is 429 g/mol. The van der Waals surface area contributed by atoms with Crippen molar-refractivity contribution in [3.63, 3.8) is 0 Å². The number of halogens is 1. The number of ether oxygens (including phenoxy) is 3. The molecule has 0 aliphatic carbocycles. The van der Waals surface area contributed by atoms with Gasteiger partial charge < -0.3 is 19.5 Å². The number of methoxy groups -OCH3 is 3. The van der Waals surface area contributed by atoms with Crippen molar-refractivity contribution in [1.82, 2.24) is 4.72 Å². The minimum Gasteiger partial charge on any atom is -0.495 e. The summed E-state index contributed by atoms with van der Waals surface area (Å²) in [6.45, 7) is 1.43. The third kappa shape index (κ3) is 5.06. The van der Waals surface area contributed by atoms with Gasteiger partial charge in [-0.2, -0.15) is 4.72 Å².